The van der Waals surface area contributed by atoms with Gasteiger partial charge in [0.15, 0.2) is 0 Å². The lowest BCUT2D eigenvalue weighted by Gasteiger charge is -1.82. The highest BCUT2D eigenvalue weighted by Gasteiger charge is 1.90. The molecule has 1 aliphatic rings. The first-order valence-electron chi connectivity index (χ1n) is 2.54. The molecule has 0 fully saturated rings. The maximum Gasteiger partial charge on any atom is 0.106 e. The highest BCUT2D eigenvalue weighted by molar-refractivity contribution is 8.06. The second-order valence-electron chi connectivity index (χ2n) is 1.47. The van der Waals surface area contributed by atoms with Crippen LogP contribution in [0.1, 0.15) is 0 Å². The van der Waals surface area contributed by atoms with Crippen LogP contribution in [0.3, 0.4) is 0 Å². The Labute approximate surface area is 58.4 Å². The minimum absolute atomic E-state index is 0.736. The first-order chi connectivity index (χ1) is 4.43. The molecule has 1 aliphatic heterocycles. The minimum atomic E-state index is 0.736. The zero-order chi connectivity index (χ0) is 6.53. The van der Waals surface area contributed by atoms with Gasteiger partial charge in [-0.1, -0.05) is 30.0 Å². The zero-order valence-electron chi connectivity index (χ0n) is 4.74. The van der Waals surface area contributed by atoms with Crippen LogP contribution in [0.4, 0.5) is 0 Å². The van der Waals surface area contributed by atoms with Crippen LogP contribution in [0.2, 0.25) is 0 Å². The first-order valence-corrected chi connectivity index (χ1v) is 3.42. The average molecular weight is 135 g/mol. The molecule has 1 rings (SSSR count). The van der Waals surface area contributed by atoms with E-state index in [4.69, 9.17) is 5.26 Å². The van der Waals surface area contributed by atoms with Gasteiger partial charge in [0.25, 0.3) is 0 Å². The van der Waals surface area contributed by atoms with E-state index in [2.05, 4.69) is 6.07 Å². The predicted molar refractivity (Wildman–Crippen MR) is 39.6 cm³/mol. The summed E-state index contributed by atoms with van der Waals surface area (Å²) in [6.45, 7) is 0. The van der Waals surface area contributed by atoms with Gasteiger partial charge in [-0.15, -0.1) is 0 Å². The fraction of sp³-hybridized carbons (Fsp3) is 0. The van der Waals surface area contributed by atoms with E-state index in [1.807, 2.05) is 23.6 Å². The Bertz CT molecular complexity index is 218. The molecule has 0 spiro atoms. The lowest BCUT2D eigenvalue weighted by Crippen LogP contribution is -1.61. The van der Waals surface area contributed by atoms with E-state index in [0.29, 0.717) is 0 Å². The monoisotopic (exact) mass is 135 g/mol. The quantitative estimate of drug-likeness (QED) is 0.508. The number of hydrogen-bond acceptors (Lipinski definition) is 2. The number of allylic oxidation sites excluding steroid dienone is 5. The molecule has 0 radical (unpaired) electrons. The third-order valence-corrected chi connectivity index (χ3v) is 1.63. The second-order valence-corrected chi connectivity index (χ2v) is 2.42. The molecule has 0 atom stereocenters. The van der Waals surface area contributed by atoms with Crippen molar-refractivity contribution in [2.24, 2.45) is 0 Å². The van der Waals surface area contributed by atoms with Gasteiger partial charge in [-0.25, -0.2) is 0 Å². The van der Waals surface area contributed by atoms with Crippen molar-refractivity contribution < 1.29 is 0 Å². The summed E-state index contributed by atoms with van der Waals surface area (Å²) in [6, 6.07) is 2.07. The van der Waals surface area contributed by atoms with E-state index in [9.17, 15) is 0 Å². The van der Waals surface area contributed by atoms with Gasteiger partial charge in [0, 0.05) is 0 Å². The van der Waals surface area contributed by atoms with E-state index >= 15 is 0 Å². The standard InChI is InChI=1S/C7H5NS/c8-6-7-4-2-1-3-5-9-7/h1-5H. The molecule has 2 heteroatoms. The molecule has 9 heavy (non-hydrogen) atoms. The molecule has 0 saturated heterocycles. The van der Waals surface area contributed by atoms with Crippen molar-refractivity contribution in [3.05, 3.63) is 34.6 Å². The molecule has 0 unspecified atom stereocenters. The van der Waals surface area contributed by atoms with Crippen molar-refractivity contribution in [1.82, 2.24) is 0 Å². The third-order valence-electron chi connectivity index (χ3n) is 0.854. The maximum absolute atomic E-state index is 8.41. The topological polar surface area (TPSA) is 23.8 Å². The van der Waals surface area contributed by atoms with Crippen LogP contribution in [0, 0.1) is 11.3 Å². The number of nitriles is 1. The predicted octanol–water partition coefficient (Wildman–Crippen LogP) is 2.21. The summed E-state index contributed by atoms with van der Waals surface area (Å²) in [5, 5.41) is 10.3. The maximum atomic E-state index is 8.41. The van der Waals surface area contributed by atoms with Gasteiger partial charge < -0.3 is 0 Å². The molecule has 0 saturated carbocycles. The summed E-state index contributed by atoms with van der Waals surface area (Å²) >= 11 is 1.44. The molecule has 0 aliphatic carbocycles. The summed E-state index contributed by atoms with van der Waals surface area (Å²) in [7, 11) is 0. The largest absolute Gasteiger partial charge is 0.192 e. The van der Waals surface area contributed by atoms with Crippen LogP contribution in [-0.4, -0.2) is 0 Å². The molecular weight excluding hydrogens is 130 g/mol. The summed E-state index contributed by atoms with van der Waals surface area (Å²) < 4.78 is 0. The fourth-order valence-corrected chi connectivity index (χ4v) is 0.994. The van der Waals surface area contributed by atoms with E-state index in [1.54, 1.807) is 6.08 Å². The van der Waals surface area contributed by atoms with Crippen LogP contribution < -0.4 is 0 Å². The highest BCUT2D eigenvalue weighted by atomic mass is 32.2. The van der Waals surface area contributed by atoms with Crippen molar-refractivity contribution in [3.63, 3.8) is 0 Å². The highest BCUT2D eigenvalue weighted by Crippen LogP contribution is 2.17. The van der Waals surface area contributed by atoms with Gasteiger partial charge in [0.05, 0.1) is 4.91 Å². The van der Waals surface area contributed by atoms with Gasteiger partial charge in [0.2, 0.25) is 0 Å². The molecular formula is C7H5NS. The normalized spacial score (nSPS) is 16.1. The average Bonchev–Trinajstić information content (AvgIpc) is 2.13. The molecule has 0 bridgehead atoms. The summed E-state index contributed by atoms with van der Waals surface area (Å²) in [6.07, 6.45) is 7.46. The SMILES string of the molecule is N#CC1=CC=CC=CS1. The van der Waals surface area contributed by atoms with Crippen LogP contribution in [0.15, 0.2) is 34.6 Å². The third kappa shape index (κ3) is 1.79. The molecule has 0 aromatic heterocycles. The van der Waals surface area contributed by atoms with E-state index in [0.717, 1.165) is 4.91 Å². The Kier molecular flexibility index (Phi) is 2.17. The minimum Gasteiger partial charge on any atom is -0.192 e. The van der Waals surface area contributed by atoms with Gasteiger partial charge in [-0.2, -0.15) is 5.26 Å². The summed E-state index contributed by atoms with van der Waals surface area (Å²) in [4.78, 5) is 0.736. The Morgan fingerprint density at radius 1 is 1.33 bits per heavy atom. The van der Waals surface area contributed by atoms with Crippen molar-refractivity contribution in [3.8, 4) is 6.07 Å². The number of hydrogen-bond donors (Lipinski definition) is 0. The molecule has 44 valence electrons. The summed E-state index contributed by atoms with van der Waals surface area (Å²) in [5.74, 6) is 0. The lowest BCUT2D eigenvalue weighted by atomic mass is 10.4. The van der Waals surface area contributed by atoms with E-state index in [1.165, 1.54) is 11.8 Å². The van der Waals surface area contributed by atoms with Crippen LogP contribution in [0.25, 0.3) is 0 Å². The molecule has 1 nitrogen and oxygen atoms in total. The van der Waals surface area contributed by atoms with Crippen molar-refractivity contribution >= 4 is 11.8 Å². The van der Waals surface area contributed by atoms with Crippen LogP contribution in [-0.2, 0) is 0 Å². The number of thioether (sulfide) groups is 1. The van der Waals surface area contributed by atoms with E-state index < -0.39 is 0 Å². The fourth-order valence-electron chi connectivity index (χ4n) is 0.468. The number of nitrogens with zero attached hydrogens (tertiary/aromatic N) is 1. The molecule has 0 amide bonds. The van der Waals surface area contributed by atoms with Crippen LogP contribution >= 0.6 is 11.8 Å². The zero-order valence-corrected chi connectivity index (χ0v) is 5.56. The van der Waals surface area contributed by atoms with Crippen molar-refractivity contribution in [1.29, 1.82) is 5.26 Å². The Morgan fingerprint density at radius 2 is 2.22 bits per heavy atom. The lowest BCUT2D eigenvalue weighted by molar-refractivity contribution is 1.53. The van der Waals surface area contributed by atoms with Gasteiger partial charge in [0.1, 0.15) is 6.07 Å². The Hall–Kier alpha value is -0.940. The van der Waals surface area contributed by atoms with E-state index in [-0.39, 0.29) is 0 Å². The Morgan fingerprint density at radius 3 is 3.00 bits per heavy atom. The molecule has 0 N–H and O–H groups in total. The van der Waals surface area contributed by atoms with Gasteiger partial charge >= 0.3 is 0 Å². The molecule has 0 aromatic carbocycles. The first kappa shape index (κ1) is 6.18. The summed E-state index contributed by atoms with van der Waals surface area (Å²) in [5.41, 5.74) is 0. The second kappa shape index (κ2) is 3.16. The van der Waals surface area contributed by atoms with Crippen molar-refractivity contribution in [2.45, 2.75) is 0 Å². The van der Waals surface area contributed by atoms with Crippen LogP contribution in [0.5, 0.6) is 0 Å². The van der Waals surface area contributed by atoms with Gasteiger partial charge in [-0.05, 0) is 11.5 Å². The molecule has 0 aromatic rings. The smallest absolute Gasteiger partial charge is 0.106 e. The van der Waals surface area contributed by atoms with Crippen molar-refractivity contribution in [2.75, 3.05) is 0 Å². The number of rotatable bonds is 0. The van der Waals surface area contributed by atoms with Gasteiger partial charge in [-0.3, -0.25) is 0 Å². The Balaban J connectivity index is 2.77. The molecule has 1 heterocycles.